The first kappa shape index (κ1) is 23.1. The van der Waals surface area contributed by atoms with Crippen molar-refractivity contribution in [1.29, 1.82) is 0 Å². The third-order valence-corrected chi connectivity index (χ3v) is 5.23. The van der Waals surface area contributed by atoms with Crippen molar-refractivity contribution in [3.63, 3.8) is 0 Å². The van der Waals surface area contributed by atoms with E-state index in [2.05, 4.69) is 9.97 Å². The number of aryl methyl sites for hydroxylation is 2. The zero-order chi connectivity index (χ0) is 21.4. The van der Waals surface area contributed by atoms with Crippen molar-refractivity contribution in [3.8, 4) is 0 Å². The lowest BCUT2D eigenvalue weighted by Crippen LogP contribution is -2.46. The molecule has 9 nitrogen and oxygen atoms in total. The maximum absolute atomic E-state index is 12.2. The van der Waals surface area contributed by atoms with Gasteiger partial charge in [-0.3, -0.25) is 14.4 Å². The summed E-state index contributed by atoms with van der Waals surface area (Å²) in [6.45, 7) is 5.40. The number of carbonyl (C=O) groups is 3. The molecule has 2 rings (SSSR count). The summed E-state index contributed by atoms with van der Waals surface area (Å²) in [5.74, 6) is -1.03. The van der Waals surface area contributed by atoms with Crippen LogP contribution in [0.3, 0.4) is 0 Å². The van der Waals surface area contributed by atoms with Crippen LogP contribution < -0.4 is 0 Å². The van der Waals surface area contributed by atoms with Gasteiger partial charge in [-0.1, -0.05) is 11.8 Å². The second-order valence-electron chi connectivity index (χ2n) is 6.76. The lowest BCUT2D eigenvalue weighted by atomic mass is 10.1. The van der Waals surface area contributed by atoms with E-state index in [-0.39, 0.29) is 25.5 Å². The molecule has 160 valence electrons. The molecule has 1 fully saturated rings. The Balaban J connectivity index is 1.75. The summed E-state index contributed by atoms with van der Waals surface area (Å²) in [5.41, 5.74) is 2.60. The number of thioether (sulfide) groups is 1. The molecule has 1 saturated heterocycles. The minimum atomic E-state index is -0.473. The highest BCUT2D eigenvalue weighted by Gasteiger charge is 2.21. The van der Waals surface area contributed by atoms with Crippen LogP contribution in [0, 0.1) is 13.8 Å². The van der Waals surface area contributed by atoms with E-state index in [0.717, 1.165) is 17.0 Å². The molecule has 0 spiro atoms. The third-order valence-electron chi connectivity index (χ3n) is 4.68. The number of carbonyl (C=O) groups excluding carboxylic acids is 3. The van der Waals surface area contributed by atoms with Crippen molar-refractivity contribution < 1.29 is 23.9 Å². The summed E-state index contributed by atoms with van der Waals surface area (Å²) < 4.78 is 10.3. The van der Waals surface area contributed by atoms with Crippen molar-refractivity contribution in [2.45, 2.75) is 31.8 Å². The molecule has 29 heavy (non-hydrogen) atoms. The van der Waals surface area contributed by atoms with Gasteiger partial charge in [-0.2, -0.15) is 0 Å². The molecule has 1 aliphatic heterocycles. The van der Waals surface area contributed by atoms with Crippen molar-refractivity contribution in [2.24, 2.45) is 0 Å². The smallest absolute Gasteiger partial charge is 0.306 e. The number of likely N-dealkylation sites (N-methyl/N-ethyl adjacent to an activating group) is 1. The molecule has 2 amide bonds. The Morgan fingerprint density at radius 3 is 2.38 bits per heavy atom. The molecular weight excluding hydrogens is 396 g/mol. The summed E-state index contributed by atoms with van der Waals surface area (Å²) in [4.78, 5) is 48.1. The molecule has 0 radical (unpaired) electrons. The molecule has 10 heteroatoms. The van der Waals surface area contributed by atoms with E-state index in [0.29, 0.717) is 37.9 Å². The fraction of sp³-hybridized carbons (Fsp3) is 0.632. The van der Waals surface area contributed by atoms with Crippen LogP contribution in [-0.2, 0) is 30.3 Å². The molecular formula is C19H28N4O5S. The van der Waals surface area contributed by atoms with Crippen LogP contribution in [0.4, 0.5) is 0 Å². The van der Waals surface area contributed by atoms with Crippen LogP contribution in [0.15, 0.2) is 5.16 Å². The summed E-state index contributed by atoms with van der Waals surface area (Å²) in [6, 6.07) is 0. The number of ether oxygens (including phenoxy) is 2. The number of morpholine rings is 1. The van der Waals surface area contributed by atoms with Gasteiger partial charge in [0.25, 0.3) is 5.91 Å². The van der Waals surface area contributed by atoms with Gasteiger partial charge in [-0.25, -0.2) is 9.97 Å². The molecule has 0 aromatic carbocycles. The van der Waals surface area contributed by atoms with Gasteiger partial charge in [0.05, 0.1) is 19.8 Å². The molecule has 0 N–H and O–H groups in total. The largest absolute Gasteiger partial charge is 0.456 e. The van der Waals surface area contributed by atoms with Crippen LogP contribution in [-0.4, -0.2) is 90.3 Å². The normalized spacial score (nSPS) is 13.9. The molecule has 2 heterocycles. The van der Waals surface area contributed by atoms with E-state index in [4.69, 9.17) is 9.47 Å². The van der Waals surface area contributed by atoms with Gasteiger partial charge in [0.1, 0.15) is 0 Å². The maximum atomic E-state index is 12.2. The summed E-state index contributed by atoms with van der Waals surface area (Å²) in [6.07, 6.45) is 2.49. The van der Waals surface area contributed by atoms with E-state index in [1.165, 1.54) is 23.7 Å². The van der Waals surface area contributed by atoms with Gasteiger partial charge < -0.3 is 19.3 Å². The first-order chi connectivity index (χ1) is 13.8. The van der Waals surface area contributed by atoms with Crippen molar-refractivity contribution in [1.82, 2.24) is 19.8 Å². The maximum Gasteiger partial charge on any atom is 0.306 e. The molecule has 0 saturated carbocycles. The van der Waals surface area contributed by atoms with E-state index in [1.807, 2.05) is 20.1 Å². The second-order valence-corrected chi connectivity index (χ2v) is 7.54. The monoisotopic (exact) mass is 424 g/mol. The summed E-state index contributed by atoms with van der Waals surface area (Å²) in [5, 5.41) is 0.701. The predicted molar refractivity (Wildman–Crippen MR) is 108 cm³/mol. The zero-order valence-electron chi connectivity index (χ0n) is 17.4. The van der Waals surface area contributed by atoms with Crippen molar-refractivity contribution >= 4 is 29.5 Å². The third kappa shape index (κ3) is 6.97. The van der Waals surface area contributed by atoms with Crippen molar-refractivity contribution in [2.75, 3.05) is 52.8 Å². The highest BCUT2D eigenvalue weighted by molar-refractivity contribution is 7.98. The Kier molecular flexibility index (Phi) is 8.84. The van der Waals surface area contributed by atoms with Crippen LogP contribution in [0.25, 0.3) is 0 Å². The van der Waals surface area contributed by atoms with E-state index < -0.39 is 11.9 Å². The fourth-order valence-corrected chi connectivity index (χ4v) is 3.37. The Labute approximate surface area is 175 Å². The number of amides is 2. The molecule has 0 aliphatic carbocycles. The standard InChI is InChI=1S/C19H28N4O5S/c1-13-15(14(2)21-19(20-13)29-4)5-6-18(26)28-12-17(25)22(3)11-16(24)23-7-9-27-10-8-23/h5-12H2,1-4H3. The first-order valence-corrected chi connectivity index (χ1v) is 10.7. The van der Waals surface area contributed by atoms with E-state index >= 15 is 0 Å². The first-order valence-electron chi connectivity index (χ1n) is 9.45. The summed E-state index contributed by atoms with van der Waals surface area (Å²) in [7, 11) is 1.52. The quantitative estimate of drug-likeness (QED) is 0.340. The molecule has 1 aromatic rings. The average molecular weight is 425 g/mol. The molecule has 0 unspecified atom stereocenters. The number of rotatable bonds is 8. The number of hydrogen-bond donors (Lipinski definition) is 0. The summed E-state index contributed by atoms with van der Waals surface area (Å²) >= 11 is 1.47. The van der Waals surface area contributed by atoms with Gasteiger partial charge in [0.15, 0.2) is 11.8 Å². The van der Waals surface area contributed by atoms with Gasteiger partial charge in [0, 0.05) is 37.9 Å². The minimum Gasteiger partial charge on any atom is -0.456 e. The lowest BCUT2D eigenvalue weighted by Gasteiger charge is -2.28. The SMILES string of the molecule is CSc1nc(C)c(CCC(=O)OCC(=O)N(C)CC(=O)N2CCOCC2)c(C)n1. The van der Waals surface area contributed by atoms with E-state index in [9.17, 15) is 14.4 Å². The molecule has 1 aromatic heterocycles. The topological polar surface area (TPSA) is 102 Å². The number of nitrogens with zero attached hydrogens (tertiary/aromatic N) is 4. The number of hydrogen-bond acceptors (Lipinski definition) is 8. The average Bonchev–Trinajstić information content (AvgIpc) is 2.71. The fourth-order valence-electron chi connectivity index (χ4n) is 2.92. The van der Waals surface area contributed by atoms with Gasteiger partial charge in [-0.05, 0) is 32.1 Å². The molecule has 1 aliphatic rings. The highest BCUT2D eigenvalue weighted by atomic mass is 32.2. The number of aromatic nitrogens is 2. The zero-order valence-corrected chi connectivity index (χ0v) is 18.2. The van der Waals surface area contributed by atoms with Crippen LogP contribution in [0.1, 0.15) is 23.4 Å². The highest BCUT2D eigenvalue weighted by Crippen LogP contribution is 2.17. The molecule has 0 atom stereocenters. The Morgan fingerprint density at radius 2 is 1.79 bits per heavy atom. The van der Waals surface area contributed by atoms with E-state index in [1.54, 1.807) is 4.90 Å². The van der Waals surface area contributed by atoms with Gasteiger partial charge in [-0.15, -0.1) is 0 Å². The van der Waals surface area contributed by atoms with Crippen molar-refractivity contribution in [3.05, 3.63) is 17.0 Å². The second kappa shape index (κ2) is 11.1. The van der Waals surface area contributed by atoms with Crippen LogP contribution >= 0.6 is 11.8 Å². The molecule has 0 bridgehead atoms. The Morgan fingerprint density at radius 1 is 1.17 bits per heavy atom. The van der Waals surface area contributed by atoms with Crippen LogP contribution in [0.5, 0.6) is 0 Å². The van der Waals surface area contributed by atoms with Gasteiger partial charge >= 0.3 is 5.97 Å². The predicted octanol–water partition coefficient (Wildman–Crippen LogP) is 0.608. The van der Waals surface area contributed by atoms with Gasteiger partial charge in [0.2, 0.25) is 5.91 Å². The lowest BCUT2D eigenvalue weighted by molar-refractivity contribution is -0.152. The Bertz CT molecular complexity index is 729. The van der Waals surface area contributed by atoms with Crippen LogP contribution in [0.2, 0.25) is 0 Å². The minimum absolute atomic E-state index is 0.0477. The Hall–Kier alpha value is -2.20. The number of esters is 1.